The number of ether oxygens (including phenoxy) is 2. The van der Waals surface area contributed by atoms with Gasteiger partial charge in [-0.05, 0) is 48.4 Å². The van der Waals surface area contributed by atoms with Crippen molar-refractivity contribution in [2.45, 2.75) is 6.42 Å². The Hall–Kier alpha value is -3.02. The van der Waals surface area contributed by atoms with E-state index >= 15 is 0 Å². The Morgan fingerprint density at radius 2 is 1.62 bits per heavy atom. The SMILES string of the molecule is COc1ccc(OCC(=O)NCCc2ccc(C(=O)O)cc2)cc1. The molecule has 2 aromatic carbocycles. The van der Waals surface area contributed by atoms with Crippen molar-refractivity contribution in [2.24, 2.45) is 0 Å². The van der Waals surface area contributed by atoms with E-state index in [0.717, 1.165) is 11.3 Å². The summed E-state index contributed by atoms with van der Waals surface area (Å²) in [5, 5.41) is 11.6. The minimum Gasteiger partial charge on any atom is -0.497 e. The number of carbonyl (C=O) groups is 2. The molecule has 0 bridgehead atoms. The lowest BCUT2D eigenvalue weighted by atomic mass is 10.1. The van der Waals surface area contributed by atoms with Crippen molar-refractivity contribution in [3.8, 4) is 11.5 Å². The average Bonchev–Trinajstić information content (AvgIpc) is 2.61. The molecule has 0 unspecified atom stereocenters. The predicted octanol–water partition coefficient (Wildman–Crippen LogP) is 2.13. The molecule has 0 aliphatic carbocycles. The maximum Gasteiger partial charge on any atom is 0.335 e. The third-order valence-electron chi connectivity index (χ3n) is 3.37. The van der Waals surface area contributed by atoms with Crippen molar-refractivity contribution >= 4 is 11.9 Å². The number of carbonyl (C=O) groups excluding carboxylic acids is 1. The molecule has 6 heteroatoms. The number of carboxylic acid groups (broad SMARTS) is 1. The van der Waals surface area contributed by atoms with Crippen LogP contribution in [0.2, 0.25) is 0 Å². The molecule has 6 nitrogen and oxygen atoms in total. The largest absolute Gasteiger partial charge is 0.497 e. The van der Waals surface area contributed by atoms with E-state index in [1.165, 1.54) is 0 Å². The van der Waals surface area contributed by atoms with Gasteiger partial charge in [-0.2, -0.15) is 0 Å². The number of rotatable bonds is 8. The first-order chi connectivity index (χ1) is 11.6. The van der Waals surface area contributed by atoms with Crippen LogP contribution in [-0.4, -0.2) is 37.2 Å². The molecule has 0 heterocycles. The highest BCUT2D eigenvalue weighted by atomic mass is 16.5. The van der Waals surface area contributed by atoms with Crippen LogP contribution in [0.4, 0.5) is 0 Å². The Balaban J connectivity index is 1.69. The van der Waals surface area contributed by atoms with Crippen molar-refractivity contribution in [1.82, 2.24) is 5.32 Å². The van der Waals surface area contributed by atoms with E-state index in [9.17, 15) is 9.59 Å². The number of benzene rings is 2. The molecule has 2 rings (SSSR count). The standard InChI is InChI=1S/C18H19NO5/c1-23-15-6-8-16(9-7-15)24-12-17(20)19-11-10-13-2-4-14(5-3-13)18(21)22/h2-9H,10-12H2,1H3,(H,19,20)(H,21,22). The molecule has 0 aliphatic heterocycles. The van der Waals surface area contributed by atoms with Crippen molar-refractivity contribution in [1.29, 1.82) is 0 Å². The molecule has 1 amide bonds. The molecule has 2 N–H and O–H groups in total. The van der Waals surface area contributed by atoms with Crippen molar-refractivity contribution in [2.75, 3.05) is 20.3 Å². The van der Waals surface area contributed by atoms with E-state index in [2.05, 4.69) is 5.32 Å². The predicted molar refractivity (Wildman–Crippen MR) is 88.6 cm³/mol. The molecule has 0 radical (unpaired) electrons. The summed E-state index contributed by atoms with van der Waals surface area (Å²) in [6, 6.07) is 13.6. The first kappa shape index (κ1) is 17.3. The second-order valence-electron chi connectivity index (χ2n) is 5.07. The van der Waals surface area contributed by atoms with Crippen LogP contribution in [0.25, 0.3) is 0 Å². The van der Waals surface area contributed by atoms with Gasteiger partial charge in [0.25, 0.3) is 5.91 Å². The minimum absolute atomic E-state index is 0.0652. The van der Waals surface area contributed by atoms with Crippen LogP contribution in [-0.2, 0) is 11.2 Å². The van der Waals surface area contributed by atoms with Crippen molar-refractivity contribution in [3.63, 3.8) is 0 Å². The lowest BCUT2D eigenvalue weighted by molar-refractivity contribution is -0.123. The summed E-state index contributed by atoms with van der Waals surface area (Å²) < 4.78 is 10.4. The van der Waals surface area contributed by atoms with Gasteiger partial charge in [0.15, 0.2) is 6.61 Å². The number of hydrogen-bond acceptors (Lipinski definition) is 4. The van der Waals surface area contributed by atoms with Crippen LogP contribution >= 0.6 is 0 Å². The maximum atomic E-state index is 11.7. The molecule has 2 aromatic rings. The lowest BCUT2D eigenvalue weighted by Gasteiger charge is -2.08. The Morgan fingerprint density at radius 3 is 2.21 bits per heavy atom. The zero-order valence-electron chi connectivity index (χ0n) is 13.3. The second kappa shape index (κ2) is 8.57. The molecule has 0 aromatic heterocycles. The molecule has 0 atom stereocenters. The first-order valence-electron chi connectivity index (χ1n) is 7.44. The lowest BCUT2D eigenvalue weighted by Crippen LogP contribution is -2.30. The molecule has 0 saturated carbocycles. The number of methoxy groups -OCH3 is 1. The second-order valence-corrected chi connectivity index (χ2v) is 5.07. The highest BCUT2D eigenvalue weighted by Gasteiger charge is 2.04. The zero-order chi connectivity index (χ0) is 17.4. The van der Waals surface area contributed by atoms with E-state index in [0.29, 0.717) is 18.7 Å². The molecule has 126 valence electrons. The molecule has 24 heavy (non-hydrogen) atoms. The van der Waals surface area contributed by atoms with Gasteiger partial charge < -0.3 is 19.9 Å². The van der Waals surface area contributed by atoms with E-state index in [4.69, 9.17) is 14.6 Å². The van der Waals surface area contributed by atoms with E-state index in [1.807, 2.05) is 0 Å². The topological polar surface area (TPSA) is 84.9 Å². The summed E-state index contributed by atoms with van der Waals surface area (Å²) in [4.78, 5) is 22.5. The maximum absolute atomic E-state index is 11.7. The molecule has 0 aliphatic rings. The fourth-order valence-corrected chi connectivity index (χ4v) is 2.03. The molecule has 0 spiro atoms. The summed E-state index contributed by atoms with van der Waals surface area (Å²) in [7, 11) is 1.58. The van der Waals surface area contributed by atoms with E-state index in [-0.39, 0.29) is 18.1 Å². The zero-order valence-corrected chi connectivity index (χ0v) is 13.3. The van der Waals surface area contributed by atoms with Gasteiger partial charge in [0, 0.05) is 6.54 Å². The van der Waals surface area contributed by atoms with Gasteiger partial charge in [0.1, 0.15) is 11.5 Å². The molecule has 0 fully saturated rings. The van der Waals surface area contributed by atoms with Crippen LogP contribution in [0.1, 0.15) is 15.9 Å². The van der Waals surface area contributed by atoms with Gasteiger partial charge in [-0.25, -0.2) is 4.79 Å². The monoisotopic (exact) mass is 329 g/mol. The van der Waals surface area contributed by atoms with Gasteiger partial charge in [-0.1, -0.05) is 12.1 Å². The van der Waals surface area contributed by atoms with Crippen LogP contribution in [0.5, 0.6) is 11.5 Å². The Kier molecular flexibility index (Phi) is 6.19. The van der Waals surface area contributed by atoms with Crippen LogP contribution in [0, 0.1) is 0 Å². The third kappa shape index (κ3) is 5.31. The van der Waals surface area contributed by atoms with Gasteiger partial charge in [0.05, 0.1) is 12.7 Å². The first-order valence-corrected chi connectivity index (χ1v) is 7.44. The van der Waals surface area contributed by atoms with Gasteiger partial charge in [0.2, 0.25) is 0 Å². The fraction of sp³-hybridized carbons (Fsp3) is 0.222. The van der Waals surface area contributed by atoms with Gasteiger partial charge in [-0.3, -0.25) is 4.79 Å². The van der Waals surface area contributed by atoms with E-state index in [1.54, 1.807) is 55.6 Å². The number of hydrogen-bond donors (Lipinski definition) is 2. The van der Waals surface area contributed by atoms with Crippen molar-refractivity contribution < 1.29 is 24.2 Å². The average molecular weight is 329 g/mol. The van der Waals surface area contributed by atoms with Gasteiger partial charge in [-0.15, -0.1) is 0 Å². The smallest absolute Gasteiger partial charge is 0.335 e. The summed E-state index contributed by atoms with van der Waals surface area (Å²) in [5.74, 6) is 0.148. The Labute approximate surface area is 140 Å². The summed E-state index contributed by atoms with van der Waals surface area (Å²) in [6.45, 7) is 0.390. The number of carboxylic acids is 1. The molecular formula is C18H19NO5. The fourth-order valence-electron chi connectivity index (χ4n) is 2.03. The minimum atomic E-state index is -0.953. The highest BCUT2D eigenvalue weighted by molar-refractivity contribution is 5.87. The molecular weight excluding hydrogens is 310 g/mol. The van der Waals surface area contributed by atoms with Gasteiger partial charge >= 0.3 is 5.97 Å². The van der Waals surface area contributed by atoms with Crippen LogP contribution < -0.4 is 14.8 Å². The number of amides is 1. The summed E-state index contributed by atoms with van der Waals surface area (Å²) in [6.07, 6.45) is 0.619. The third-order valence-corrected chi connectivity index (χ3v) is 3.37. The highest BCUT2D eigenvalue weighted by Crippen LogP contribution is 2.16. The number of aromatic carboxylic acids is 1. The quantitative estimate of drug-likeness (QED) is 0.775. The normalized spacial score (nSPS) is 10.0. The Morgan fingerprint density at radius 1 is 1.00 bits per heavy atom. The van der Waals surface area contributed by atoms with E-state index < -0.39 is 5.97 Å². The number of nitrogens with one attached hydrogen (secondary N) is 1. The summed E-state index contributed by atoms with van der Waals surface area (Å²) >= 11 is 0. The Bertz CT molecular complexity index is 680. The summed E-state index contributed by atoms with van der Waals surface area (Å²) in [5.41, 5.74) is 1.20. The van der Waals surface area contributed by atoms with Crippen LogP contribution in [0.15, 0.2) is 48.5 Å². The van der Waals surface area contributed by atoms with Crippen molar-refractivity contribution in [3.05, 3.63) is 59.7 Å². The molecule has 0 saturated heterocycles. The van der Waals surface area contributed by atoms with Crippen LogP contribution in [0.3, 0.4) is 0 Å².